The third-order valence-electron chi connectivity index (χ3n) is 4.97. The lowest BCUT2D eigenvalue weighted by Gasteiger charge is -2.22. The van der Waals surface area contributed by atoms with Gasteiger partial charge in [0.2, 0.25) is 17.6 Å². The summed E-state index contributed by atoms with van der Waals surface area (Å²) in [4.78, 5) is 18.8. The fraction of sp³-hybridized carbons (Fsp3) is 0.318. The Morgan fingerprint density at radius 1 is 1.17 bits per heavy atom. The standard InChI is InChI=1S/C22H23N3O4/c1-3-28-18-6-4-5-16(13-18)21-23-22(29-24-21)19-11-12-20(26)25(19)14-15-7-9-17(27-2)10-8-15/h4-10,13,19H,3,11-12,14H2,1-2H3. The van der Waals surface area contributed by atoms with Gasteiger partial charge in [0.15, 0.2) is 0 Å². The summed E-state index contributed by atoms with van der Waals surface area (Å²) < 4.78 is 16.3. The third kappa shape index (κ3) is 4.08. The van der Waals surface area contributed by atoms with Crippen LogP contribution >= 0.6 is 0 Å². The molecule has 1 aliphatic rings. The Labute approximate surface area is 169 Å². The second-order valence-electron chi connectivity index (χ2n) is 6.84. The van der Waals surface area contributed by atoms with Gasteiger partial charge in [0.05, 0.1) is 13.7 Å². The van der Waals surface area contributed by atoms with E-state index in [2.05, 4.69) is 10.1 Å². The van der Waals surface area contributed by atoms with Crippen molar-refractivity contribution < 1.29 is 18.8 Å². The van der Waals surface area contributed by atoms with Crippen molar-refractivity contribution in [3.8, 4) is 22.9 Å². The first kappa shape index (κ1) is 19.0. The van der Waals surface area contributed by atoms with Gasteiger partial charge in [-0.2, -0.15) is 4.98 Å². The average Bonchev–Trinajstić information content (AvgIpc) is 3.37. The van der Waals surface area contributed by atoms with Gasteiger partial charge in [0.1, 0.15) is 17.5 Å². The van der Waals surface area contributed by atoms with Crippen LogP contribution in [-0.2, 0) is 11.3 Å². The Hall–Kier alpha value is -3.35. The van der Waals surface area contributed by atoms with Crippen molar-refractivity contribution in [1.29, 1.82) is 0 Å². The van der Waals surface area contributed by atoms with E-state index in [4.69, 9.17) is 14.0 Å². The van der Waals surface area contributed by atoms with Gasteiger partial charge in [-0.15, -0.1) is 0 Å². The van der Waals surface area contributed by atoms with Gasteiger partial charge in [0, 0.05) is 18.5 Å². The summed E-state index contributed by atoms with van der Waals surface area (Å²) in [5, 5.41) is 4.13. The monoisotopic (exact) mass is 393 g/mol. The molecule has 0 bridgehead atoms. The Morgan fingerprint density at radius 2 is 2.00 bits per heavy atom. The van der Waals surface area contributed by atoms with Crippen LogP contribution in [0.5, 0.6) is 11.5 Å². The van der Waals surface area contributed by atoms with E-state index in [0.717, 1.165) is 22.6 Å². The van der Waals surface area contributed by atoms with Crippen molar-refractivity contribution in [2.24, 2.45) is 0 Å². The van der Waals surface area contributed by atoms with Crippen LogP contribution in [0, 0.1) is 0 Å². The van der Waals surface area contributed by atoms with Crippen molar-refractivity contribution in [1.82, 2.24) is 15.0 Å². The summed E-state index contributed by atoms with van der Waals surface area (Å²) in [6, 6.07) is 15.0. The van der Waals surface area contributed by atoms with Gasteiger partial charge in [-0.3, -0.25) is 4.79 Å². The highest BCUT2D eigenvalue weighted by Gasteiger charge is 2.36. The number of hydrogen-bond donors (Lipinski definition) is 0. The molecule has 0 saturated carbocycles. The number of rotatable bonds is 7. The summed E-state index contributed by atoms with van der Waals surface area (Å²) in [5.41, 5.74) is 1.84. The number of amides is 1. The summed E-state index contributed by atoms with van der Waals surface area (Å²) in [5.74, 6) is 2.58. The summed E-state index contributed by atoms with van der Waals surface area (Å²) in [7, 11) is 1.63. The fourth-order valence-corrected chi connectivity index (χ4v) is 3.50. The fourth-order valence-electron chi connectivity index (χ4n) is 3.50. The molecule has 0 N–H and O–H groups in total. The number of carbonyl (C=O) groups excluding carboxylic acids is 1. The molecule has 4 rings (SSSR count). The smallest absolute Gasteiger partial charge is 0.249 e. The van der Waals surface area contributed by atoms with Crippen LogP contribution in [-0.4, -0.2) is 34.7 Å². The molecule has 29 heavy (non-hydrogen) atoms. The normalized spacial score (nSPS) is 16.3. The van der Waals surface area contributed by atoms with Crippen molar-refractivity contribution in [3.63, 3.8) is 0 Å². The molecule has 150 valence electrons. The van der Waals surface area contributed by atoms with Crippen LogP contribution < -0.4 is 9.47 Å². The van der Waals surface area contributed by atoms with E-state index in [-0.39, 0.29) is 11.9 Å². The maximum Gasteiger partial charge on any atom is 0.249 e. The summed E-state index contributed by atoms with van der Waals surface area (Å²) >= 11 is 0. The summed E-state index contributed by atoms with van der Waals surface area (Å²) in [6.45, 7) is 3.02. The molecule has 0 spiro atoms. The van der Waals surface area contributed by atoms with Gasteiger partial charge in [-0.1, -0.05) is 29.4 Å². The highest BCUT2D eigenvalue weighted by molar-refractivity contribution is 5.78. The highest BCUT2D eigenvalue weighted by atomic mass is 16.5. The Kier molecular flexibility index (Phi) is 5.46. The molecule has 7 nitrogen and oxygen atoms in total. The van der Waals surface area contributed by atoms with Gasteiger partial charge >= 0.3 is 0 Å². The maximum absolute atomic E-state index is 12.5. The zero-order chi connectivity index (χ0) is 20.2. The molecule has 1 aliphatic heterocycles. The number of methoxy groups -OCH3 is 1. The number of hydrogen-bond acceptors (Lipinski definition) is 6. The molecule has 1 saturated heterocycles. The molecule has 2 aromatic carbocycles. The first-order valence-corrected chi connectivity index (χ1v) is 9.67. The lowest BCUT2D eigenvalue weighted by Crippen LogP contribution is -2.27. The topological polar surface area (TPSA) is 77.7 Å². The quantitative estimate of drug-likeness (QED) is 0.604. The number of ether oxygens (including phenoxy) is 2. The first-order valence-electron chi connectivity index (χ1n) is 9.67. The van der Waals surface area contributed by atoms with Crippen LogP contribution in [0.2, 0.25) is 0 Å². The molecule has 1 amide bonds. The molecule has 3 aromatic rings. The molecule has 2 heterocycles. The number of likely N-dealkylation sites (tertiary alicyclic amines) is 1. The number of nitrogens with zero attached hydrogens (tertiary/aromatic N) is 3. The van der Waals surface area contributed by atoms with Crippen molar-refractivity contribution >= 4 is 5.91 Å². The molecule has 7 heteroatoms. The molecular weight excluding hydrogens is 370 g/mol. The van der Waals surface area contributed by atoms with Crippen LogP contribution in [0.15, 0.2) is 53.1 Å². The van der Waals surface area contributed by atoms with E-state index in [9.17, 15) is 4.79 Å². The second-order valence-corrected chi connectivity index (χ2v) is 6.84. The van der Waals surface area contributed by atoms with E-state index < -0.39 is 0 Å². The SMILES string of the molecule is CCOc1cccc(-c2noc(C3CCC(=O)N3Cc3ccc(OC)cc3)n2)c1. The molecule has 1 unspecified atom stereocenters. The van der Waals surface area contributed by atoms with E-state index in [0.29, 0.717) is 37.7 Å². The zero-order valence-electron chi connectivity index (χ0n) is 16.5. The van der Waals surface area contributed by atoms with E-state index in [1.165, 1.54) is 0 Å². The molecule has 0 aliphatic carbocycles. The minimum absolute atomic E-state index is 0.0870. The molecular formula is C22H23N3O4. The third-order valence-corrected chi connectivity index (χ3v) is 4.97. The van der Waals surface area contributed by atoms with Gasteiger partial charge in [0.25, 0.3) is 0 Å². The molecule has 1 fully saturated rings. The van der Waals surface area contributed by atoms with Crippen LogP contribution in [0.25, 0.3) is 11.4 Å². The Morgan fingerprint density at radius 3 is 2.76 bits per heavy atom. The number of aromatic nitrogens is 2. The molecule has 0 radical (unpaired) electrons. The van der Waals surface area contributed by atoms with Gasteiger partial charge in [-0.05, 0) is 43.2 Å². The second kappa shape index (κ2) is 8.34. The van der Waals surface area contributed by atoms with Crippen LogP contribution in [0.3, 0.4) is 0 Å². The van der Waals surface area contributed by atoms with E-state index >= 15 is 0 Å². The van der Waals surface area contributed by atoms with Crippen molar-refractivity contribution in [2.45, 2.75) is 32.4 Å². The van der Waals surface area contributed by atoms with Crippen molar-refractivity contribution in [2.75, 3.05) is 13.7 Å². The average molecular weight is 393 g/mol. The lowest BCUT2D eigenvalue weighted by molar-refractivity contribution is -0.129. The minimum Gasteiger partial charge on any atom is -0.497 e. The maximum atomic E-state index is 12.5. The predicted molar refractivity (Wildman–Crippen MR) is 106 cm³/mol. The Balaban J connectivity index is 1.54. The van der Waals surface area contributed by atoms with Gasteiger partial charge < -0.3 is 18.9 Å². The van der Waals surface area contributed by atoms with E-state index in [1.807, 2.05) is 55.5 Å². The Bertz CT molecular complexity index is 984. The van der Waals surface area contributed by atoms with Crippen LogP contribution in [0.1, 0.15) is 37.3 Å². The van der Waals surface area contributed by atoms with Gasteiger partial charge in [-0.25, -0.2) is 0 Å². The summed E-state index contributed by atoms with van der Waals surface area (Å²) in [6.07, 6.45) is 1.13. The lowest BCUT2D eigenvalue weighted by atomic mass is 10.1. The highest BCUT2D eigenvalue weighted by Crippen LogP contribution is 2.34. The minimum atomic E-state index is -0.221. The first-order chi connectivity index (χ1) is 14.2. The van der Waals surface area contributed by atoms with Crippen molar-refractivity contribution in [3.05, 3.63) is 60.0 Å². The predicted octanol–water partition coefficient (Wildman–Crippen LogP) is 4.01. The van der Waals surface area contributed by atoms with Crippen LogP contribution in [0.4, 0.5) is 0 Å². The largest absolute Gasteiger partial charge is 0.497 e. The number of carbonyl (C=O) groups is 1. The van der Waals surface area contributed by atoms with E-state index in [1.54, 1.807) is 12.0 Å². The number of benzene rings is 2. The molecule has 1 atom stereocenters. The molecule has 1 aromatic heterocycles. The zero-order valence-corrected chi connectivity index (χ0v) is 16.5.